The smallest absolute Gasteiger partial charge is 0.321 e. The van der Waals surface area contributed by atoms with Crippen molar-refractivity contribution in [3.63, 3.8) is 0 Å². The van der Waals surface area contributed by atoms with Crippen molar-refractivity contribution in [1.82, 2.24) is 5.32 Å². The van der Waals surface area contributed by atoms with Gasteiger partial charge >= 0.3 is 12.0 Å². The Kier molecular flexibility index (Phi) is 5.49. The predicted molar refractivity (Wildman–Crippen MR) is 74.2 cm³/mol. The normalized spacial score (nSPS) is 12.1. The Bertz CT molecular complexity index is 474. The van der Waals surface area contributed by atoms with Gasteiger partial charge in [-0.1, -0.05) is 13.8 Å². The van der Waals surface area contributed by atoms with E-state index in [-0.39, 0.29) is 18.2 Å². The van der Waals surface area contributed by atoms with E-state index >= 15 is 0 Å². The Morgan fingerprint density at radius 3 is 2.30 bits per heavy atom. The molecule has 1 rings (SSSR count). The first-order chi connectivity index (χ1) is 9.31. The third-order valence-corrected chi connectivity index (χ3v) is 3.03. The highest BCUT2D eigenvalue weighted by molar-refractivity contribution is 5.91. The van der Waals surface area contributed by atoms with Crippen LogP contribution in [0.25, 0.3) is 0 Å². The summed E-state index contributed by atoms with van der Waals surface area (Å²) < 4.78 is 12.8. The van der Waals surface area contributed by atoms with Crippen LogP contribution in [0.4, 0.5) is 14.9 Å². The lowest BCUT2D eigenvalue weighted by Crippen LogP contribution is -2.46. The number of amides is 2. The quantitative estimate of drug-likeness (QED) is 0.871. The minimum absolute atomic E-state index is 0.00309. The zero-order chi connectivity index (χ0) is 15.3. The van der Waals surface area contributed by atoms with Crippen LogP contribution in [0, 0.1) is 11.7 Å². The number of hydrogen-bond donors (Lipinski definition) is 2. The van der Waals surface area contributed by atoms with Gasteiger partial charge in [-0.15, -0.1) is 0 Å². The van der Waals surface area contributed by atoms with Crippen LogP contribution in [0.5, 0.6) is 0 Å². The van der Waals surface area contributed by atoms with Crippen LogP contribution in [0.1, 0.15) is 20.3 Å². The van der Waals surface area contributed by atoms with E-state index in [1.807, 2.05) is 13.8 Å². The number of nitrogens with zero attached hydrogens (tertiary/aromatic N) is 1. The summed E-state index contributed by atoms with van der Waals surface area (Å²) in [5.74, 6) is -1.35. The first-order valence-electron chi connectivity index (χ1n) is 6.33. The van der Waals surface area contributed by atoms with E-state index in [1.54, 1.807) is 7.05 Å². The van der Waals surface area contributed by atoms with Crippen molar-refractivity contribution in [2.75, 3.05) is 11.9 Å². The van der Waals surface area contributed by atoms with E-state index in [1.165, 1.54) is 29.2 Å². The second kappa shape index (κ2) is 6.88. The van der Waals surface area contributed by atoms with Gasteiger partial charge in [-0.3, -0.25) is 9.69 Å². The highest BCUT2D eigenvalue weighted by Gasteiger charge is 2.21. The molecule has 0 heterocycles. The van der Waals surface area contributed by atoms with Crippen molar-refractivity contribution >= 4 is 17.7 Å². The lowest BCUT2D eigenvalue weighted by molar-refractivity contribution is -0.137. The molecule has 1 aromatic carbocycles. The molecule has 2 amide bonds. The monoisotopic (exact) mass is 282 g/mol. The standard InChI is InChI=1S/C14H19FN2O3/c1-9(2)12(8-13(18)19)16-14(20)17(3)11-6-4-10(15)5-7-11/h4-7,9,12H,8H2,1-3H3,(H,16,20)(H,18,19). The number of carboxylic acids is 1. The van der Waals surface area contributed by atoms with E-state index in [9.17, 15) is 14.0 Å². The Morgan fingerprint density at radius 2 is 1.85 bits per heavy atom. The topological polar surface area (TPSA) is 69.6 Å². The molecule has 0 saturated heterocycles. The number of halogens is 1. The molecule has 0 aromatic heterocycles. The molecule has 1 unspecified atom stereocenters. The highest BCUT2D eigenvalue weighted by Crippen LogP contribution is 2.14. The van der Waals surface area contributed by atoms with Gasteiger partial charge in [0.05, 0.1) is 6.42 Å². The van der Waals surface area contributed by atoms with Crippen LogP contribution in [0.2, 0.25) is 0 Å². The Labute approximate surface area is 117 Å². The number of hydrogen-bond acceptors (Lipinski definition) is 2. The van der Waals surface area contributed by atoms with Crippen molar-refractivity contribution in [2.45, 2.75) is 26.3 Å². The number of rotatable bonds is 5. The number of benzene rings is 1. The molecule has 1 aromatic rings. The molecule has 2 N–H and O–H groups in total. The fraction of sp³-hybridized carbons (Fsp3) is 0.429. The number of carbonyl (C=O) groups excluding carboxylic acids is 1. The van der Waals surface area contributed by atoms with Crippen LogP contribution in [-0.2, 0) is 4.79 Å². The molecule has 0 bridgehead atoms. The van der Waals surface area contributed by atoms with Gasteiger partial charge in [0.25, 0.3) is 0 Å². The average Bonchev–Trinajstić information content (AvgIpc) is 2.37. The molecule has 0 aliphatic carbocycles. The molecular weight excluding hydrogens is 263 g/mol. The Balaban J connectivity index is 2.73. The minimum Gasteiger partial charge on any atom is -0.481 e. The zero-order valence-electron chi connectivity index (χ0n) is 11.8. The van der Waals surface area contributed by atoms with Gasteiger partial charge in [0.1, 0.15) is 5.82 Å². The molecule has 5 nitrogen and oxygen atoms in total. The second-order valence-corrected chi connectivity index (χ2v) is 4.93. The summed E-state index contributed by atoms with van der Waals surface area (Å²) in [4.78, 5) is 24.1. The summed E-state index contributed by atoms with van der Waals surface area (Å²) in [6.07, 6.45) is -0.138. The van der Waals surface area contributed by atoms with E-state index in [0.29, 0.717) is 5.69 Å². The molecule has 1 atom stereocenters. The Morgan fingerprint density at radius 1 is 1.30 bits per heavy atom. The summed E-state index contributed by atoms with van der Waals surface area (Å²) in [7, 11) is 1.54. The minimum atomic E-state index is -0.964. The van der Waals surface area contributed by atoms with Crippen molar-refractivity contribution in [2.24, 2.45) is 5.92 Å². The maximum atomic E-state index is 12.8. The number of aliphatic carboxylic acids is 1. The van der Waals surface area contributed by atoms with Crippen LogP contribution in [-0.4, -0.2) is 30.2 Å². The number of carbonyl (C=O) groups is 2. The molecule has 110 valence electrons. The van der Waals surface area contributed by atoms with Gasteiger partial charge in [-0.2, -0.15) is 0 Å². The molecule has 20 heavy (non-hydrogen) atoms. The van der Waals surface area contributed by atoms with Gasteiger partial charge in [-0.25, -0.2) is 9.18 Å². The SMILES string of the molecule is CC(C)C(CC(=O)O)NC(=O)N(C)c1ccc(F)cc1. The van der Waals surface area contributed by atoms with Crippen molar-refractivity contribution in [3.8, 4) is 0 Å². The number of carboxylic acid groups (broad SMARTS) is 1. The van der Waals surface area contributed by atoms with Gasteiger partial charge in [0, 0.05) is 18.8 Å². The number of anilines is 1. The lowest BCUT2D eigenvalue weighted by Gasteiger charge is -2.25. The van der Waals surface area contributed by atoms with Crippen LogP contribution in [0.3, 0.4) is 0 Å². The third kappa shape index (κ3) is 4.53. The largest absolute Gasteiger partial charge is 0.481 e. The van der Waals surface area contributed by atoms with Crippen molar-refractivity contribution in [3.05, 3.63) is 30.1 Å². The molecular formula is C14H19FN2O3. The van der Waals surface area contributed by atoms with Crippen LogP contribution in [0.15, 0.2) is 24.3 Å². The van der Waals surface area contributed by atoms with Gasteiger partial charge in [0.15, 0.2) is 0 Å². The predicted octanol–water partition coefficient (Wildman–Crippen LogP) is 2.47. The van der Waals surface area contributed by atoms with Crippen LogP contribution >= 0.6 is 0 Å². The summed E-state index contributed by atoms with van der Waals surface area (Å²) >= 11 is 0. The maximum absolute atomic E-state index is 12.8. The van der Waals surface area contributed by atoms with Crippen molar-refractivity contribution in [1.29, 1.82) is 0 Å². The average molecular weight is 282 g/mol. The molecule has 0 saturated carbocycles. The third-order valence-electron chi connectivity index (χ3n) is 3.03. The molecule has 0 spiro atoms. The van der Waals surface area contributed by atoms with Crippen LogP contribution < -0.4 is 10.2 Å². The zero-order valence-corrected chi connectivity index (χ0v) is 11.8. The fourth-order valence-corrected chi connectivity index (χ4v) is 1.68. The van der Waals surface area contributed by atoms with E-state index in [0.717, 1.165) is 0 Å². The summed E-state index contributed by atoms with van der Waals surface area (Å²) in [6, 6.07) is 4.61. The summed E-state index contributed by atoms with van der Waals surface area (Å²) in [6.45, 7) is 3.68. The van der Waals surface area contributed by atoms with E-state index < -0.39 is 18.0 Å². The van der Waals surface area contributed by atoms with Gasteiger partial charge < -0.3 is 10.4 Å². The van der Waals surface area contributed by atoms with E-state index in [2.05, 4.69) is 5.32 Å². The maximum Gasteiger partial charge on any atom is 0.321 e. The van der Waals surface area contributed by atoms with E-state index in [4.69, 9.17) is 5.11 Å². The van der Waals surface area contributed by atoms with Crippen molar-refractivity contribution < 1.29 is 19.1 Å². The first-order valence-corrected chi connectivity index (χ1v) is 6.33. The molecule has 6 heteroatoms. The Hall–Kier alpha value is -2.11. The first kappa shape index (κ1) is 15.9. The highest BCUT2D eigenvalue weighted by atomic mass is 19.1. The molecule has 0 aliphatic rings. The van der Waals surface area contributed by atoms with Gasteiger partial charge in [-0.05, 0) is 30.2 Å². The lowest BCUT2D eigenvalue weighted by atomic mass is 10.0. The summed E-state index contributed by atoms with van der Waals surface area (Å²) in [5.41, 5.74) is 0.529. The number of urea groups is 1. The molecule has 0 radical (unpaired) electrons. The number of nitrogens with one attached hydrogen (secondary N) is 1. The molecule has 0 fully saturated rings. The summed E-state index contributed by atoms with van der Waals surface area (Å²) in [5, 5.41) is 11.5. The second-order valence-electron chi connectivity index (χ2n) is 4.93. The fourth-order valence-electron chi connectivity index (χ4n) is 1.68. The molecule has 0 aliphatic heterocycles. The van der Waals surface area contributed by atoms with Gasteiger partial charge in [0.2, 0.25) is 0 Å².